The van der Waals surface area contributed by atoms with E-state index < -0.39 is 10.0 Å². The molecule has 1 atom stereocenters. The monoisotopic (exact) mass is 268 g/mol. The number of anilines is 1. The molecule has 0 amide bonds. The van der Waals surface area contributed by atoms with Gasteiger partial charge in [0, 0.05) is 0 Å². The van der Waals surface area contributed by atoms with Crippen LogP contribution in [0.25, 0.3) is 0 Å². The Labute approximate surface area is 109 Å². The number of sulfonamides is 1. The summed E-state index contributed by atoms with van der Waals surface area (Å²) in [7, 11) is -3.25. The van der Waals surface area contributed by atoms with Crippen molar-refractivity contribution in [2.24, 2.45) is 5.92 Å². The van der Waals surface area contributed by atoms with Crippen LogP contribution in [0.2, 0.25) is 0 Å². The predicted molar refractivity (Wildman–Crippen MR) is 74.2 cm³/mol. The van der Waals surface area contributed by atoms with Crippen molar-refractivity contribution in [2.45, 2.75) is 19.8 Å². The van der Waals surface area contributed by atoms with Crippen molar-refractivity contribution in [1.29, 1.82) is 0 Å². The van der Waals surface area contributed by atoms with Gasteiger partial charge in [0.2, 0.25) is 10.0 Å². The smallest absolute Gasteiger partial charge is 0.233 e. The van der Waals surface area contributed by atoms with E-state index >= 15 is 0 Å². The van der Waals surface area contributed by atoms with Gasteiger partial charge in [-0.1, -0.05) is 18.2 Å². The molecule has 0 spiro atoms. The second kappa shape index (κ2) is 5.71. The Morgan fingerprint density at radius 1 is 1.39 bits per heavy atom. The van der Waals surface area contributed by atoms with Crippen LogP contribution in [-0.2, 0) is 10.0 Å². The maximum atomic E-state index is 12.1. The summed E-state index contributed by atoms with van der Waals surface area (Å²) in [6.45, 7) is 3.70. The normalized spacial score (nSPS) is 20.6. The van der Waals surface area contributed by atoms with Crippen LogP contribution in [0.4, 0.5) is 5.69 Å². The summed E-state index contributed by atoms with van der Waals surface area (Å²) >= 11 is 0. The van der Waals surface area contributed by atoms with E-state index in [9.17, 15) is 8.42 Å². The zero-order valence-corrected chi connectivity index (χ0v) is 11.5. The number of benzene rings is 1. The molecule has 1 aromatic rings. The quantitative estimate of drug-likeness (QED) is 0.874. The number of hydrogen-bond acceptors (Lipinski definition) is 3. The minimum absolute atomic E-state index is 0.203. The zero-order valence-electron chi connectivity index (χ0n) is 10.6. The van der Waals surface area contributed by atoms with E-state index in [1.54, 1.807) is 6.07 Å². The fourth-order valence-corrected chi connectivity index (χ4v) is 3.83. The van der Waals surface area contributed by atoms with E-state index in [2.05, 4.69) is 10.0 Å². The second-order valence-electron chi connectivity index (χ2n) is 4.91. The molecule has 2 rings (SSSR count). The van der Waals surface area contributed by atoms with Gasteiger partial charge in [-0.2, -0.15) is 0 Å². The van der Waals surface area contributed by atoms with Crippen LogP contribution >= 0.6 is 0 Å². The minimum atomic E-state index is -3.25. The highest BCUT2D eigenvalue weighted by Crippen LogP contribution is 2.18. The van der Waals surface area contributed by atoms with Crippen LogP contribution in [0.15, 0.2) is 24.3 Å². The van der Waals surface area contributed by atoms with E-state index in [1.165, 1.54) is 0 Å². The van der Waals surface area contributed by atoms with Crippen LogP contribution in [0.5, 0.6) is 0 Å². The molecule has 1 fully saturated rings. The third-order valence-corrected chi connectivity index (χ3v) is 4.71. The molecule has 2 N–H and O–H groups in total. The molecule has 0 aliphatic carbocycles. The Bertz CT molecular complexity index is 493. The van der Waals surface area contributed by atoms with Crippen LogP contribution in [0, 0.1) is 12.8 Å². The summed E-state index contributed by atoms with van der Waals surface area (Å²) in [4.78, 5) is 0. The van der Waals surface area contributed by atoms with Crippen molar-refractivity contribution in [3.05, 3.63) is 29.8 Å². The Balaban J connectivity index is 2.01. The Morgan fingerprint density at radius 2 is 2.17 bits per heavy atom. The summed E-state index contributed by atoms with van der Waals surface area (Å²) < 4.78 is 26.8. The number of rotatable bonds is 4. The number of aryl methyl sites for hydroxylation is 1. The maximum absolute atomic E-state index is 12.1. The van der Waals surface area contributed by atoms with E-state index in [4.69, 9.17) is 0 Å². The van der Waals surface area contributed by atoms with Gasteiger partial charge in [-0.15, -0.1) is 0 Å². The number of para-hydroxylation sites is 1. The average molecular weight is 268 g/mol. The number of piperidine rings is 1. The lowest BCUT2D eigenvalue weighted by Gasteiger charge is -2.22. The molecule has 1 aliphatic rings. The van der Waals surface area contributed by atoms with Gasteiger partial charge in [0.25, 0.3) is 0 Å². The molecule has 0 saturated carbocycles. The van der Waals surface area contributed by atoms with E-state index in [-0.39, 0.29) is 11.7 Å². The molecular formula is C13H20N2O2S. The molecular weight excluding hydrogens is 248 g/mol. The van der Waals surface area contributed by atoms with Gasteiger partial charge in [-0.25, -0.2) is 8.42 Å². The van der Waals surface area contributed by atoms with E-state index in [0.29, 0.717) is 5.69 Å². The highest BCUT2D eigenvalue weighted by atomic mass is 32.2. The summed E-state index contributed by atoms with van der Waals surface area (Å²) in [6, 6.07) is 7.44. The lowest BCUT2D eigenvalue weighted by molar-refractivity contribution is 0.404. The standard InChI is InChI=1S/C13H20N2O2S/c1-11-5-2-3-7-13(11)15-18(16,17)10-12-6-4-8-14-9-12/h2-3,5,7,12,14-15H,4,6,8-10H2,1H3. The Morgan fingerprint density at radius 3 is 2.83 bits per heavy atom. The first-order chi connectivity index (χ1) is 8.57. The Hall–Kier alpha value is -1.07. The first-order valence-corrected chi connectivity index (χ1v) is 7.99. The van der Waals surface area contributed by atoms with Crippen LogP contribution in [0.3, 0.4) is 0 Å². The van der Waals surface area contributed by atoms with Crippen molar-refractivity contribution in [1.82, 2.24) is 5.32 Å². The van der Waals surface area contributed by atoms with Crippen molar-refractivity contribution >= 4 is 15.7 Å². The van der Waals surface area contributed by atoms with Crippen LogP contribution < -0.4 is 10.0 Å². The van der Waals surface area contributed by atoms with Gasteiger partial charge in [-0.05, 0) is 50.4 Å². The predicted octanol–water partition coefficient (Wildman–Crippen LogP) is 1.74. The molecule has 1 aromatic carbocycles. The fraction of sp³-hybridized carbons (Fsp3) is 0.538. The molecule has 0 bridgehead atoms. The minimum Gasteiger partial charge on any atom is -0.316 e. The van der Waals surface area contributed by atoms with Gasteiger partial charge in [0.15, 0.2) is 0 Å². The van der Waals surface area contributed by atoms with Crippen LogP contribution in [0.1, 0.15) is 18.4 Å². The summed E-state index contributed by atoms with van der Waals surface area (Å²) in [5.41, 5.74) is 1.63. The highest BCUT2D eigenvalue weighted by Gasteiger charge is 2.21. The van der Waals surface area contributed by atoms with Crippen molar-refractivity contribution < 1.29 is 8.42 Å². The van der Waals surface area contributed by atoms with Gasteiger partial charge < -0.3 is 5.32 Å². The van der Waals surface area contributed by atoms with Crippen LogP contribution in [-0.4, -0.2) is 27.3 Å². The van der Waals surface area contributed by atoms with E-state index in [0.717, 1.165) is 31.5 Å². The zero-order chi connectivity index (χ0) is 13.0. The molecule has 18 heavy (non-hydrogen) atoms. The second-order valence-corrected chi connectivity index (χ2v) is 6.68. The van der Waals surface area contributed by atoms with E-state index in [1.807, 2.05) is 25.1 Å². The van der Waals surface area contributed by atoms with Gasteiger partial charge in [0.05, 0.1) is 11.4 Å². The fourth-order valence-electron chi connectivity index (χ4n) is 2.27. The largest absolute Gasteiger partial charge is 0.316 e. The summed E-state index contributed by atoms with van der Waals surface area (Å²) in [6.07, 6.45) is 2.05. The maximum Gasteiger partial charge on any atom is 0.233 e. The molecule has 0 aromatic heterocycles. The summed E-state index contributed by atoms with van der Waals surface area (Å²) in [5.74, 6) is 0.425. The topological polar surface area (TPSA) is 58.2 Å². The Kier molecular flexibility index (Phi) is 4.24. The third kappa shape index (κ3) is 3.71. The lowest BCUT2D eigenvalue weighted by Crippen LogP contribution is -2.35. The van der Waals surface area contributed by atoms with Crippen molar-refractivity contribution in [3.8, 4) is 0 Å². The lowest BCUT2D eigenvalue weighted by atomic mass is 10.0. The SMILES string of the molecule is Cc1ccccc1NS(=O)(=O)CC1CCCNC1. The molecule has 5 heteroatoms. The third-order valence-electron chi connectivity index (χ3n) is 3.26. The number of hydrogen-bond donors (Lipinski definition) is 2. The first-order valence-electron chi connectivity index (χ1n) is 6.34. The van der Waals surface area contributed by atoms with Gasteiger partial charge >= 0.3 is 0 Å². The van der Waals surface area contributed by atoms with Crippen molar-refractivity contribution in [3.63, 3.8) is 0 Å². The molecule has 0 radical (unpaired) electrons. The highest BCUT2D eigenvalue weighted by molar-refractivity contribution is 7.92. The molecule has 1 heterocycles. The molecule has 1 unspecified atom stereocenters. The average Bonchev–Trinajstić information content (AvgIpc) is 2.32. The molecule has 1 aliphatic heterocycles. The van der Waals surface area contributed by atoms with Crippen molar-refractivity contribution in [2.75, 3.05) is 23.6 Å². The van der Waals surface area contributed by atoms with Gasteiger partial charge in [0.1, 0.15) is 0 Å². The number of nitrogens with one attached hydrogen (secondary N) is 2. The van der Waals surface area contributed by atoms with Gasteiger partial charge in [-0.3, -0.25) is 4.72 Å². The molecule has 1 saturated heterocycles. The molecule has 4 nitrogen and oxygen atoms in total. The molecule has 100 valence electrons. The first kappa shape index (κ1) is 13.4. The summed E-state index contributed by atoms with van der Waals surface area (Å²) in [5, 5.41) is 3.24.